The Labute approximate surface area is 154 Å². The summed E-state index contributed by atoms with van der Waals surface area (Å²) in [7, 11) is 1.26. The van der Waals surface area contributed by atoms with E-state index in [0.717, 1.165) is 5.56 Å². The second kappa shape index (κ2) is 7.79. The third kappa shape index (κ3) is 3.73. The third-order valence-corrected chi connectivity index (χ3v) is 4.52. The van der Waals surface area contributed by atoms with Crippen molar-refractivity contribution in [3.05, 3.63) is 70.7 Å². The third-order valence-electron chi connectivity index (χ3n) is 3.70. The molecule has 0 amide bonds. The van der Waals surface area contributed by atoms with E-state index in [4.69, 9.17) is 15.2 Å². The molecule has 2 aromatic carbocycles. The first-order valence-electron chi connectivity index (χ1n) is 7.73. The monoisotopic (exact) mass is 368 g/mol. The van der Waals surface area contributed by atoms with Gasteiger partial charge in [-0.1, -0.05) is 30.3 Å². The Kier molecular flexibility index (Phi) is 5.28. The highest BCUT2D eigenvalue weighted by atomic mass is 32.1. The molecule has 132 valence electrons. The first-order chi connectivity index (χ1) is 12.6. The second-order valence-corrected chi connectivity index (χ2v) is 6.27. The lowest BCUT2D eigenvalue weighted by molar-refractivity contribution is 0.0474. The molecule has 0 atom stereocenters. The number of aromatic nitrogens is 1. The van der Waals surface area contributed by atoms with E-state index in [1.807, 2.05) is 30.3 Å². The fourth-order valence-electron chi connectivity index (χ4n) is 2.39. The van der Waals surface area contributed by atoms with Crippen molar-refractivity contribution in [2.24, 2.45) is 0 Å². The zero-order chi connectivity index (χ0) is 18.5. The van der Waals surface area contributed by atoms with Gasteiger partial charge in [0.15, 0.2) is 0 Å². The van der Waals surface area contributed by atoms with E-state index in [0.29, 0.717) is 10.6 Å². The van der Waals surface area contributed by atoms with Crippen molar-refractivity contribution in [1.29, 1.82) is 0 Å². The molecule has 1 heterocycles. The number of nitrogens with two attached hydrogens (primary N) is 1. The number of anilines is 1. The van der Waals surface area contributed by atoms with Gasteiger partial charge in [0, 0.05) is 17.1 Å². The van der Waals surface area contributed by atoms with Crippen LogP contribution in [0.25, 0.3) is 10.6 Å². The van der Waals surface area contributed by atoms with Crippen LogP contribution >= 0.6 is 11.3 Å². The number of thiazole rings is 1. The zero-order valence-electron chi connectivity index (χ0n) is 14.0. The Morgan fingerprint density at radius 3 is 2.42 bits per heavy atom. The Hall–Kier alpha value is -3.19. The molecule has 0 bridgehead atoms. The number of nitrogens with zero attached hydrogens (tertiary/aromatic N) is 1. The van der Waals surface area contributed by atoms with Crippen LogP contribution in [0.4, 0.5) is 5.69 Å². The van der Waals surface area contributed by atoms with Gasteiger partial charge >= 0.3 is 11.9 Å². The highest BCUT2D eigenvalue weighted by Crippen LogP contribution is 2.30. The number of hydrogen-bond acceptors (Lipinski definition) is 7. The van der Waals surface area contributed by atoms with Crippen LogP contribution in [0.15, 0.2) is 54.0 Å². The molecule has 0 spiro atoms. The lowest BCUT2D eigenvalue weighted by atomic mass is 10.0. The largest absolute Gasteiger partial charge is 0.465 e. The minimum absolute atomic E-state index is 0.0233. The molecule has 0 unspecified atom stereocenters. The number of carbonyl (C=O) groups is 2. The van der Waals surface area contributed by atoms with Crippen molar-refractivity contribution in [3.63, 3.8) is 0 Å². The normalized spacial score (nSPS) is 10.3. The minimum Gasteiger partial charge on any atom is -0.465 e. The Morgan fingerprint density at radius 1 is 1.12 bits per heavy atom. The molecule has 0 aliphatic heterocycles. The van der Waals surface area contributed by atoms with E-state index in [1.165, 1.54) is 18.4 Å². The molecule has 3 rings (SSSR count). The molecule has 0 saturated carbocycles. The van der Waals surface area contributed by atoms with Crippen molar-refractivity contribution < 1.29 is 19.1 Å². The maximum Gasteiger partial charge on any atom is 0.340 e. The molecule has 0 saturated heterocycles. The number of hydrogen-bond donors (Lipinski definition) is 1. The van der Waals surface area contributed by atoms with Crippen LogP contribution in [0.3, 0.4) is 0 Å². The van der Waals surface area contributed by atoms with Crippen molar-refractivity contribution in [2.45, 2.75) is 6.61 Å². The van der Waals surface area contributed by atoms with Crippen LogP contribution in [0.5, 0.6) is 0 Å². The Morgan fingerprint density at radius 2 is 1.81 bits per heavy atom. The van der Waals surface area contributed by atoms with Crippen molar-refractivity contribution >= 4 is 29.0 Å². The quantitative estimate of drug-likeness (QED) is 0.547. The van der Waals surface area contributed by atoms with E-state index >= 15 is 0 Å². The molecule has 2 N–H and O–H groups in total. The summed E-state index contributed by atoms with van der Waals surface area (Å²) in [5.74, 6) is -1.24. The van der Waals surface area contributed by atoms with E-state index < -0.39 is 11.9 Å². The van der Waals surface area contributed by atoms with Crippen LogP contribution in [-0.4, -0.2) is 24.0 Å². The van der Waals surface area contributed by atoms with Crippen LogP contribution in [0, 0.1) is 0 Å². The molecule has 0 aliphatic rings. The zero-order valence-corrected chi connectivity index (χ0v) is 14.8. The number of nitrogen functional groups attached to an aromatic ring is 1. The first kappa shape index (κ1) is 17.6. The van der Waals surface area contributed by atoms with Gasteiger partial charge in [0.1, 0.15) is 11.6 Å². The molecule has 0 aliphatic carbocycles. The van der Waals surface area contributed by atoms with Gasteiger partial charge in [-0.05, 0) is 17.7 Å². The van der Waals surface area contributed by atoms with Crippen molar-refractivity contribution in [3.8, 4) is 10.6 Å². The molecule has 3 aromatic rings. The van der Waals surface area contributed by atoms with Crippen LogP contribution < -0.4 is 5.73 Å². The van der Waals surface area contributed by atoms with Gasteiger partial charge in [-0.15, -0.1) is 11.3 Å². The summed E-state index contributed by atoms with van der Waals surface area (Å²) in [6.07, 6.45) is 1.64. The fraction of sp³-hybridized carbons (Fsp3) is 0.105. The summed E-state index contributed by atoms with van der Waals surface area (Å²) in [5.41, 5.74) is 7.71. The predicted octanol–water partition coefficient (Wildman–Crippen LogP) is 3.54. The first-order valence-corrected chi connectivity index (χ1v) is 8.61. The molecular formula is C19H16N2O4S. The molecule has 0 radical (unpaired) electrons. The van der Waals surface area contributed by atoms with Crippen LogP contribution in [0.2, 0.25) is 0 Å². The van der Waals surface area contributed by atoms with Crippen LogP contribution in [-0.2, 0) is 16.1 Å². The minimum atomic E-state index is -0.627. The molecule has 7 heteroatoms. The van der Waals surface area contributed by atoms with Crippen molar-refractivity contribution in [2.75, 3.05) is 12.8 Å². The summed E-state index contributed by atoms with van der Waals surface area (Å²) >= 11 is 1.38. The summed E-state index contributed by atoms with van der Waals surface area (Å²) in [6, 6.07) is 12.4. The summed E-state index contributed by atoms with van der Waals surface area (Å²) in [4.78, 5) is 28.8. The van der Waals surface area contributed by atoms with Gasteiger partial charge in [-0.3, -0.25) is 0 Å². The van der Waals surface area contributed by atoms with E-state index in [1.54, 1.807) is 23.7 Å². The van der Waals surface area contributed by atoms with E-state index in [2.05, 4.69) is 4.98 Å². The SMILES string of the molecule is COC(=O)c1cc(-c2nccs2)cc(C(=O)OCc2ccccc2)c1N. The van der Waals surface area contributed by atoms with E-state index in [-0.39, 0.29) is 23.4 Å². The molecule has 1 aromatic heterocycles. The van der Waals surface area contributed by atoms with Gasteiger partial charge in [-0.2, -0.15) is 0 Å². The smallest absolute Gasteiger partial charge is 0.340 e. The lowest BCUT2D eigenvalue weighted by Gasteiger charge is -2.12. The summed E-state index contributed by atoms with van der Waals surface area (Å²) in [5, 5.41) is 2.46. The average molecular weight is 368 g/mol. The van der Waals surface area contributed by atoms with Gasteiger partial charge in [0.2, 0.25) is 0 Å². The van der Waals surface area contributed by atoms with Gasteiger partial charge in [0.25, 0.3) is 0 Å². The van der Waals surface area contributed by atoms with Gasteiger partial charge in [-0.25, -0.2) is 14.6 Å². The van der Waals surface area contributed by atoms with Gasteiger partial charge in [0.05, 0.1) is 23.9 Å². The number of rotatable bonds is 5. The second-order valence-electron chi connectivity index (χ2n) is 5.38. The molecule has 6 nitrogen and oxygen atoms in total. The number of esters is 2. The number of ether oxygens (including phenoxy) is 2. The fourth-order valence-corrected chi connectivity index (χ4v) is 3.02. The standard InChI is InChI=1S/C19H16N2O4S/c1-24-18(22)14-9-13(17-21-7-8-26-17)10-15(16(14)20)19(23)25-11-12-5-3-2-4-6-12/h2-10H,11,20H2,1H3. The lowest BCUT2D eigenvalue weighted by Crippen LogP contribution is -2.13. The Balaban J connectivity index is 1.95. The number of benzene rings is 2. The number of methoxy groups -OCH3 is 1. The van der Waals surface area contributed by atoms with E-state index in [9.17, 15) is 9.59 Å². The average Bonchev–Trinajstić information content (AvgIpc) is 3.21. The summed E-state index contributed by atoms with van der Waals surface area (Å²) < 4.78 is 10.1. The Bertz CT molecular complexity index is 924. The molecule has 0 fully saturated rings. The summed E-state index contributed by atoms with van der Waals surface area (Å²) in [6.45, 7) is 0.105. The maximum atomic E-state index is 12.6. The van der Waals surface area contributed by atoms with Crippen LogP contribution in [0.1, 0.15) is 26.3 Å². The highest BCUT2D eigenvalue weighted by molar-refractivity contribution is 7.13. The van der Waals surface area contributed by atoms with Gasteiger partial charge < -0.3 is 15.2 Å². The topological polar surface area (TPSA) is 91.5 Å². The molecular weight excluding hydrogens is 352 g/mol. The highest BCUT2D eigenvalue weighted by Gasteiger charge is 2.21. The predicted molar refractivity (Wildman–Crippen MR) is 98.9 cm³/mol. The molecule has 26 heavy (non-hydrogen) atoms. The maximum absolute atomic E-state index is 12.6. The number of carbonyl (C=O) groups excluding carboxylic acids is 2. The van der Waals surface area contributed by atoms with Crippen molar-refractivity contribution in [1.82, 2.24) is 4.98 Å².